The number of rotatable bonds is 8. The molecule has 0 saturated heterocycles. The van der Waals surface area contributed by atoms with E-state index in [4.69, 9.17) is 14.9 Å². The van der Waals surface area contributed by atoms with Crippen LogP contribution in [0.25, 0.3) is 0 Å². The molecule has 0 bridgehead atoms. The van der Waals surface area contributed by atoms with Crippen LogP contribution in [0.15, 0.2) is 0 Å². The summed E-state index contributed by atoms with van der Waals surface area (Å²) in [6.07, 6.45) is -1.12. The number of hydrogen-bond donors (Lipinski definition) is 3. The average Bonchev–Trinajstić information content (AvgIpc) is 2.20. The molecule has 0 aromatic heterocycles. The summed E-state index contributed by atoms with van der Waals surface area (Å²) >= 11 is 1.34. The summed E-state index contributed by atoms with van der Waals surface area (Å²) < 4.78 is 4.79. The van der Waals surface area contributed by atoms with Gasteiger partial charge in [0.15, 0.2) is 6.04 Å². The third-order valence-electron chi connectivity index (χ3n) is 1.73. The third-order valence-corrected chi connectivity index (χ3v) is 2.65. The first-order valence-corrected chi connectivity index (χ1v) is 5.91. The van der Waals surface area contributed by atoms with Crippen LogP contribution >= 0.6 is 11.8 Å². The minimum atomic E-state index is -1.25. The van der Waals surface area contributed by atoms with Crippen molar-refractivity contribution < 1.29 is 24.5 Å². The van der Waals surface area contributed by atoms with Gasteiger partial charge < -0.3 is 20.3 Å². The SMILES string of the molecule is COCCSCC(=O)N[C@H](C(=O)O)[C@@H](C)O. The van der Waals surface area contributed by atoms with E-state index in [1.807, 2.05) is 0 Å². The number of carboxylic acid groups (broad SMARTS) is 1. The van der Waals surface area contributed by atoms with E-state index in [2.05, 4.69) is 5.32 Å². The van der Waals surface area contributed by atoms with E-state index < -0.39 is 24.0 Å². The molecule has 3 N–H and O–H groups in total. The second-order valence-corrected chi connectivity index (χ2v) is 4.27. The summed E-state index contributed by atoms with van der Waals surface area (Å²) in [5.74, 6) is -0.837. The lowest BCUT2D eigenvalue weighted by molar-refractivity contribution is -0.144. The van der Waals surface area contributed by atoms with Crippen molar-refractivity contribution in [2.45, 2.75) is 19.1 Å². The van der Waals surface area contributed by atoms with Gasteiger partial charge in [0.1, 0.15) is 0 Å². The molecular formula is C9H17NO5S. The smallest absolute Gasteiger partial charge is 0.328 e. The van der Waals surface area contributed by atoms with Crippen LogP contribution < -0.4 is 5.32 Å². The van der Waals surface area contributed by atoms with Crippen LogP contribution in [0.3, 0.4) is 0 Å². The van der Waals surface area contributed by atoms with Gasteiger partial charge in [-0.1, -0.05) is 0 Å². The summed E-state index contributed by atoms with van der Waals surface area (Å²) in [4.78, 5) is 21.9. The minimum absolute atomic E-state index is 0.153. The number of carbonyl (C=O) groups excluding carboxylic acids is 1. The van der Waals surface area contributed by atoms with Crippen molar-refractivity contribution in [3.63, 3.8) is 0 Å². The molecule has 0 unspecified atom stereocenters. The Morgan fingerprint density at radius 3 is 2.56 bits per heavy atom. The predicted molar refractivity (Wildman–Crippen MR) is 60.4 cm³/mol. The fraction of sp³-hybridized carbons (Fsp3) is 0.778. The normalized spacial score (nSPS) is 14.2. The largest absolute Gasteiger partial charge is 0.480 e. The molecule has 6 nitrogen and oxygen atoms in total. The topological polar surface area (TPSA) is 95.9 Å². The molecule has 0 heterocycles. The van der Waals surface area contributed by atoms with Gasteiger partial charge in [0.2, 0.25) is 5.91 Å². The summed E-state index contributed by atoms with van der Waals surface area (Å²) in [5.41, 5.74) is 0. The predicted octanol–water partition coefficient (Wildman–Crippen LogP) is -0.684. The van der Waals surface area contributed by atoms with Crippen LogP contribution in [0.2, 0.25) is 0 Å². The van der Waals surface area contributed by atoms with Gasteiger partial charge in [-0.25, -0.2) is 4.79 Å². The van der Waals surface area contributed by atoms with Crippen LogP contribution in [-0.2, 0) is 14.3 Å². The number of aliphatic hydroxyl groups is 1. The van der Waals surface area contributed by atoms with Gasteiger partial charge in [-0.05, 0) is 6.92 Å². The number of hydrogen-bond acceptors (Lipinski definition) is 5. The number of amides is 1. The molecule has 16 heavy (non-hydrogen) atoms. The molecule has 0 spiro atoms. The molecular weight excluding hydrogens is 234 g/mol. The molecule has 0 radical (unpaired) electrons. The Kier molecular flexibility index (Phi) is 7.96. The maximum Gasteiger partial charge on any atom is 0.328 e. The summed E-state index contributed by atoms with van der Waals surface area (Å²) in [6, 6.07) is -1.25. The average molecular weight is 251 g/mol. The van der Waals surface area contributed by atoms with Crippen LogP contribution in [0.4, 0.5) is 0 Å². The Bertz CT molecular complexity index is 234. The van der Waals surface area contributed by atoms with Crippen molar-refractivity contribution >= 4 is 23.6 Å². The number of carboxylic acids is 1. The summed E-state index contributed by atoms with van der Waals surface area (Å²) in [6.45, 7) is 1.86. The maximum atomic E-state index is 11.3. The molecule has 0 saturated carbocycles. The molecule has 0 aromatic carbocycles. The Labute approximate surface area is 98.4 Å². The highest BCUT2D eigenvalue weighted by molar-refractivity contribution is 7.99. The number of ether oxygens (including phenoxy) is 1. The van der Waals surface area contributed by atoms with Crippen LogP contribution in [0.1, 0.15) is 6.92 Å². The third kappa shape index (κ3) is 6.65. The Hall–Kier alpha value is -0.790. The standard InChI is InChI=1S/C9H17NO5S/c1-6(11)8(9(13)14)10-7(12)5-16-4-3-15-2/h6,8,11H,3-5H2,1-2H3,(H,10,12)(H,13,14)/t6-,8+/m1/s1. The van der Waals surface area contributed by atoms with Crippen molar-refractivity contribution in [2.75, 3.05) is 25.2 Å². The fourth-order valence-corrected chi connectivity index (χ4v) is 1.61. The molecule has 94 valence electrons. The van der Waals surface area contributed by atoms with Crippen molar-refractivity contribution in [2.24, 2.45) is 0 Å². The number of methoxy groups -OCH3 is 1. The van der Waals surface area contributed by atoms with E-state index in [9.17, 15) is 9.59 Å². The number of aliphatic carboxylic acids is 1. The van der Waals surface area contributed by atoms with Gasteiger partial charge >= 0.3 is 5.97 Å². The lowest BCUT2D eigenvalue weighted by Gasteiger charge is -2.16. The zero-order chi connectivity index (χ0) is 12.6. The first kappa shape index (κ1) is 15.2. The van der Waals surface area contributed by atoms with Gasteiger partial charge in [-0.15, -0.1) is 11.8 Å². The van der Waals surface area contributed by atoms with E-state index in [0.717, 1.165) is 0 Å². The molecule has 1 amide bonds. The number of aliphatic hydroxyl groups excluding tert-OH is 1. The second-order valence-electron chi connectivity index (χ2n) is 3.17. The molecule has 0 aliphatic rings. The van der Waals surface area contributed by atoms with E-state index in [1.165, 1.54) is 18.7 Å². The quantitative estimate of drug-likeness (QED) is 0.494. The van der Waals surface area contributed by atoms with Crippen molar-refractivity contribution in [1.82, 2.24) is 5.32 Å². The summed E-state index contributed by atoms with van der Waals surface area (Å²) in [5, 5.41) is 20.1. The van der Waals surface area contributed by atoms with Gasteiger partial charge in [-0.2, -0.15) is 0 Å². The Morgan fingerprint density at radius 1 is 1.50 bits per heavy atom. The molecule has 7 heteroatoms. The van der Waals surface area contributed by atoms with Crippen molar-refractivity contribution in [3.05, 3.63) is 0 Å². The van der Waals surface area contributed by atoms with Gasteiger partial charge in [-0.3, -0.25) is 4.79 Å². The monoisotopic (exact) mass is 251 g/mol. The Morgan fingerprint density at radius 2 is 2.12 bits per heavy atom. The highest BCUT2D eigenvalue weighted by Crippen LogP contribution is 2.00. The molecule has 0 aliphatic heterocycles. The summed E-state index contributed by atoms with van der Waals surface area (Å²) in [7, 11) is 1.56. The molecule has 0 aromatic rings. The first-order valence-electron chi connectivity index (χ1n) is 4.76. The van der Waals surface area contributed by atoms with Crippen LogP contribution in [0, 0.1) is 0 Å². The van der Waals surface area contributed by atoms with Crippen LogP contribution in [-0.4, -0.2) is 59.5 Å². The van der Waals surface area contributed by atoms with E-state index in [-0.39, 0.29) is 5.75 Å². The number of carbonyl (C=O) groups is 2. The second kappa shape index (κ2) is 8.37. The molecule has 0 fully saturated rings. The molecule has 2 atom stereocenters. The van der Waals surface area contributed by atoms with Crippen molar-refractivity contribution in [1.29, 1.82) is 0 Å². The van der Waals surface area contributed by atoms with E-state index in [1.54, 1.807) is 7.11 Å². The highest BCUT2D eigenvalue weighted by atomic mass is 32.2. The minimum Gasteiger partial charge on any atom is -0.480 e. The lowest BCUT2D eigenvalue weighted by Crippen LogP contribution is -2.48. The zero-order valence-electron chi connectivity index (χ0n) is 9.30. The maximum absolute atomic E-state index is 11.3. The van der Waals surface area contributed by atoms with E-state index >= 15 is 0 Å². The Balaban J connectivity index is 3.87. The van der Waals surface area contributed by atoms with E-state index in [0.29, 0.717) is 12.4 Å². The fourth-order valence-electron chi connectivity index (χ4n) is 0.911. The molecule has 0 rings (SSSR count). The van der Waals surface area contributed by atoms with Gasteiger partial charge in [0, 0.05) is 12.9 Å². The number of nitrogens with one attached hydrogen (secondary N) is 1. The molecule has 0 aliphatic carbocycles. The highest BCUT2D eigenvalue weighted by Gasteiger charge is 2.24. The van der Waals surface area contributed by atoms with Gasteiger partial charge in [0.05, 0.1) is 18.5 Å². The van der Waals surface area contributed by atoms with Gasteiger partial charge in [0.25, 0.3) is 0 Å². The zero-order valence-corrected chi connectivity index (χ0v) is 10.1. The first-order chi connectivity index (χ1) is 7.49. The van der Waals surface area contributed by atoms with Crippen molar-refractivity contribution in [3.8, 4) is 0 Å². The lowest BCUT2D eigenvalue weighted by atomic mass is 10.2. The van der Waals surface area contributed by atoms with Crippen LogP contribution in [0.5, 0.6) is 0 Å². The number of thioether (sulfide) groups is 1.